The summed E-state index contributed by atoms with van der Waals surface area (Å²) in [7, 11) is 1.65. The second kappa shape index (κ2) is 12.2. The van der Waals surface area contributed by atoms with Gasteiger partial charge in [0.25, 0.3) is 0 Å². The highest BCUT2D eigenvalue weighted by atomic mass is 16.6. The number of benzene rings is 4. The van der Waals surface area contributed by atoms with Crippen LogP contribution in [0.2, 0.25) is 0 Å². The number of carbonyl (C=O) groups excluding carboxylic acids is 1. The number of piperidine rings is 1. The van der Waals surface area contributed by atoms with Gasteiger partial charge in [-0.1, -0.05) is 103 Å². The molecule has 1 aliphatic heterocycles. The lowest BCUT2D eigenvalue weighted by atomic mass is 9.68. The average Bonchev–Trinajstić information content (AvgIpc) is 3.01. The highest BCUT2D eigenvalue weighted by Crippen LogP contribution is 2.45. The second-order valence-corrected chi connectivity index (χ2v) is 10.1. The largest absolute Gasteiger partial charge is 0.497 e. The predicted molar refractivity (Wildman–Crippen MR) is 152 cm³/mol. The lowest BCUT2D eigenvalue weighted by Gasteiger charge is -2.48. The fraction of sp³-hybridized carbons (Fsp3) is 0.265. The molecule has 4 aromatic carbocycles. The molecule has 5 rings (SSSR count). The smallest absolute Gasteiger partial charge is 0.410 e. The Morgan fingerprint density at radius 1 is 0.821 bits per heavy atom. The summed E-state index contributed by atoms with van der Waals surface area (Å²) in [5.41, 5.74) is 2.35. The molecule has 0 radical (unpaired) electrons. The minimum absolute atomic E-state index is 0.206. The third kappa shape index (κ3) is 5.84. The van der Waals surface area contributed by atoms with Crippen LogP contribution in [0.3, 0.4) is 0 Å². The summed E-state index contributed by atoms with van der Waals surface area (Å²) in [4.78, 5) is 15.5. The first-order chi connectivity index (χ1) is 19.1. The first kappa shape index (κ1) is 26.5. The molecule has 39 heavy (non-hydrogen) atoms. The minimum atomic E-state index is -1.29. The van der Waals surface area contributed by atoms with Crippen molar-refractivity contribution >= 4 is 6.09 Å². The third-order valence-electron chi connectivity index (χ3n) is 7.79. The number of carbonyl (C=O) groups is 1. The Labute approximate surface area is 230 Å². The summed E-state index contributed by atoms with van der Waals surface area (Å²) in [5.74, 6) is 0.519. The Morgan fingerprint density at radius 2 is 1.38 bits per heavy atom. The van der Waals surface area contributed by atoms with E-state index >= 15 is 0 Å². The van der Waals surface area contributed by atoms with Gasteiger partial charge in [0.1, 0.15) is 18.0 Å². The molecule has 1 heterocycles. The Hall–Kier alpha value is -4.09. The number of hydrogen-bond donors (Lipinski definition) is 1. The van der Waals surface area contributed by atoms with Crippen molar-refractivity contribution in [2.45, 2.75) is 37.5 Å². The molecule has 2 atom stereocenters. The van der Waals surface area contributed by atoms with Crippen molar-refractivity contribution in [3.8, 4) is 5.75 Å². The Kier molecular flexibility index (Phi) is 8.28. The summed E-state index contributed by atoms with van der Waals surface area (Å²) < 4.78 is 11.2. The predicted octanol–water partition coefficient (Wildman–Crippen LogP) is 6.59. The molecule has 5 nitrogen and oxygen atoms in total. The van der Waals surface area contributed by atoms with Gasteiger partial charge in [-0.05, 0) is 53.6 Å². The van der Waals surface area contributed by atoms with E-state index in [1.807, 2.05) is 120 Å². The lowest BCUT2D eigenvalue weighted by Crippen LogP contribution is -2.56. The van der Waals surface area contributed by atoms with Crippen molar-refractivity contribution in [1.82, 2.24) is 4.90 Å². The molecule has 0 aliphatic carbocycles. The number of amides is 1. The number of aliphatic hydroxyl groups is 1. The fourth-order valence-electron chi connectivity index (χ4n) is 5.81. The zero-order chi connectivity index (χ0) is 27.1. The molecule has 4 aromatic rings. The molecule has 5 heteroatoms. The number of rotatable bonds is 8. The fourth-order valence-corrected chi connectivity index (χ4v) is 5.81. The molecule has 0 bridgehead atoms. The molecule has 1 fully saturated rings. The van der Waals surface area contributed by atoms with Gasteiger partial charge in [-0.3, -0.25) is 0 Å². The van der Waals surface area contributed by atoms with Gasteiger partial charge >= 0.3 is 6.09 Å². The van der Waals surface area contributed by atoms with E-state index in [4.69, 9.17) is 9.47 Å². The van der Waals surface area contributed by atoms with Gasteiger partial charge in [0.2, 0.25) is 0 Å². The van der Waals surface area contributed by atoms with E-state index in [0.717, 1.165) is 40.8 Å². The Balaban J connectivity index is 1.53. The van der Waals surface area contributed by atoms with Crippen LogP contribution in [0.5, 0.6) is 5.75 Å². The van der Waals surface area contributed by atoms with Crippen LogP contribution in [0.25, 0.3) is 0 Å². The van der Waals surface area contributed by atoms with E-state index in [-0.39, 0.29) is 24.7 Å². The third-order valence-corrected chi connectivity index (χ3v) is 7.79. The summed E-state index contributed by atoms with van der Waals surface area (Å²) in [5, 5.41) is 12.7. The number of ether oxygens (including phenoxy) is 2. The lowest BCUT2D eigenvalue weighted by molar-refractivity contribution is -0.0508. The minimum Gasteiger partial charge on any atom is -0.497 e. The second-order valence-electron chi connectivity index (χ2n) is 10.1. The van der Waals surface area contributed by atoms with E-state index in [1.54, 1.807) is 7.11 Å². The molecule has 1 N–H and O–H groups in total. The van der Waals surface area contributed by atoms with Crippen LogP contribution in [0.15, 0.2) is 115 Å². The number of likely N-dealkylation sites (tertiary alicyclic amines) is 1. The highest BCUT2D eigenvalue weighted by molar-refractivity contribution is 5.68. The molecule has 1 aliphatic rings. The molecule has 1 saturated heterocycles. The Bertz CT molecular complexity index is 1290. The maximum Gasteiger partial charge on any atom is 0.410 e. The van der Waals surface area contributed by atoms with Crippen molar-refractivity contribution in [1.29, 1.82) is 0 Å². The van der Waals surface area contributed by atoms with Crippen molar-refractivity contribution in [3.63, 3.8) is 0 Å². The first-order valence-corrected chi connectivity index (χ1v) is 13.5. The number of hydrogen-bond acceptors (Lipinski definition) is 4. The molecule has 0 aromatic heterocycles. The Morgan fingerprint density at radius 3 is 1.95 bits per heavy atom. The standard InChI is InChI=1S/C34H35NO4/c1-38-30-21-19-26(20-22-30)24-32-31(18-11-23-35(32)33(36)39-25-27-12-5-2-6-13-27)34(37,28-14-7-3-8-15-28)29-16-9-4-10-17-29/h2-10,12-17,19-22,31-32,37H,11,18,23-25H2,1H3. The van der Waals surface area contributed by atoms with Crippen LogP contribution in [0, 0.1) is 5.92 Å². The molecule has 2 unspecified atom stereocenters. The number of methoxy groups -OCH3 is 1. The SMILES string of the molecule is COc1ccc(CC2C(C(O)(c3ccccc3)c3ccccc3)CCCN2C(=O)OCc2ccccc2)cc1. The van der Waals surface area contributed by atoms with Crippen LogP contribution in [-0.2, 0) is 23.4 Å². The van der Waals surface area contributed by atoms with E-state index in [0.29, 0.717) is 13.0 Å². The van der Waals surface area contributed by atoms with Crippen LogP contribution < -0.4 is 4.74 Å². The maximum atomic E-state index is 13.6. The van der Waals surface area contributed by atoms with E-state index in [9.17, 15) is 9.90 Å². The summed E-state index contributed by atoms with van der Waals surface area (Å²) >= 11 is 0. The van der Waals surface area contributed by atoms with Crippen LogP contribution >= 0.6 is 0 Å². The van der Waals surface area contributed by atoms with Crippen molar-refractivity contribution in [3.05, 3.63) is 138 Å². The quantitative estimate of drug-likeness (QED) is 0.284. The van der Waals surface area contributed by atoms with E-state index < -0.39 is 5.60 Å². The van der Waals surface area contributed by atoms with Gasteiger partial charge in [-0.25, -0.2) is 4.79 Å². The zero-order valence-corrected chi connectivity index (χ0v) is 22.3. The van der Waals surface area contributed by atoms with Crippen LogP contribution in [0.1, 0.15) is 35.1 Å². The first-order valence-electron chi connectivity index (χ1n) is 13.5. The number of nitrogens with zero attached hydrogens (tertiary/aromatic N) is 1. The molecule has 0 saturated carbocycles. The van der Waals surface area contributed by atoms with E-state index in [1.165, 1.54) is 0 Å². The molecule has 200 valence electrons. The van der Waals surface area contributed by atoms with Gasteiger partial charge in [-0.2, -0.15) is 0 Å². The summed E-state index contributed by atoms with van der Waals surface area (Å²) in [6.07, 6.45) is 1.76. The summed E-state index contributed by atoms with van der Waals surface area (Å²) in [6.45, 7) is 0.780. The van der Waals surface area contributed by atoms with E-state index in [2.05, 4.69) is 0 Å². The summed E-state index contributed by atoms with van der Waals surface area (Å²) in [6, 6.07) is 37.0. The van der Waals surface area contributed by atoms with Gasteiger partial charge in [0.15, 0.2) is 0 Å². The maximum absolute atomic E-state index is 13.6. The van der Waals surface area contributed by atoms with Crippen LogP contribution in [-0.4, -0.2) is 35.8 Å². The van der Waals surface area contributed by atoms with Gasteiger partial charge < -0.3 is 19.5 Å². The van der Waals surface area contributed by atoms with Gasteiger partial charge in [0, 0.05) is 18.5 Å². The topological polar surface area (TPSA) is 59.0 Å². The zero-order valence-electron chi connectivity index (χ0n) is 22.3. The van der Waals surface area contributed by atoms with Crippen LogP contribution in [0.4, 0.5) is 4.79 Å². The van der Waals surface area contributed by atoms with Gasteiger partial charge in [0.05, 0.1) is 7.11 Å². The monoisotopic (exact) mass is 521 g/mol. The van der Waals surface area contributed by atoms with Gasteiger partial charge in [-0.15, -0.1) is 0 Å². The molecular formula is C34H35NO4. The molecular weight excluding hydrogens is 486 g/mol. The average molecular weight is 522 g/mol. The highest BCUT2D eigenvalue weighted by Gasteiger charge is 2.48. The van der Waals surface area contributed by atoms with Crippen molar-refractivity contribution in [2.75, 3.05) is 13.7 Å². The normalized spacial score (nSPS) is 17.4. The molecule has 1 amide bonds. The van der Waals surface area contributed by atoms with Crippen molar-refractivity contribution in [2.24, 2.45) is 5.92 Å². The molecule has 0 spiro atoms. The van der Waals surface area contributed by atoms with Crippen molar-refractivity contribution < 1.29 is 19.4 Å².